The molecule has 1 unspecified atom stereocenters. The quantitative estimate of drug-likeness (QED) is 0.879. The molecule has 0 bridgehead atoms. The van der Waals surface area contributed by atoms with Crippen LogP contribution in [0.25, 0.3) is 0 Å². The first kappa shape index (κ1) is 17.2. The number of nitrogens with one attached hydrogen (secondary N) is 1. The predicted molar refractivity (Wildman–Crippen MR) is 87.3 cm³/mol. The van der Waals surface area contributed by atoms with Crippen molar-refractivity contribution in [2.45, 2.75) is 6.10 Å². The van der Waals surface area contributed by atoms with E-state index in [0.717, 1.165) is 6.07 Å². The molecule has 0 aliphatic heterocycles. The predicted octanol–water partition coefficient (Wildman–Crippen LogP) is 2.40. The van der Waals surface area contributed by atoms with Crippen molar-refractivity contribution < 1.29 is 14.3 Å². The van der Waals surface area contributed by atoms with Crippen molar-refractivity contribution in [2.75, 3.05) is 25.5 Å². The van der Waals surface area contributed by atoms with Crippen LogP contribution in [0.1, 0.15) is 22.0 Å². The third-order valence-electron chi connectivity index (χ3n) is 3.24. The van der Waals surface area contributed by atoms with Gasteiger partial charge in [-0.3, -0.25) is 4.79 Å². The number of benzene rings is 1. The van der Waals surface area contributed by atoms with Crippen molar-refractivity contribution in [3.63, 3.8) is 0 Å². The Hall–Kier alpha value is -2.18. The topological polar surface area (TPSA) is 65.5 Å². The van der Waals surface area contributed by atoms with Gasteiger partial charge in [-0.2, -0.15) is 0 Å². The van der Waals surface area contributed by atoms with Gasteiger partial charge in [-0.05, 0) is 29.8 Å². The second-order valence-electron chi connectivity index (χ2n) is 5.17. The van der Waals surface area contributed by atoms with Crippen molar-refractivity contribution in [2.24, 2.45) is 0 Å². The van der Waals surface area contributed by atoms with Gasteiger partial charge in [0, 0.05) is 26.8 Å². The summed E-state index contributed by atoms with van der Waals surface area (Å²) in [7, 11) is 3.56. The largest absolute Gasteiger partial charge is 0.387 e. The molecule has 0 spiro atoms. The lowest BCUT2D eigenvalue weighted by molar-refractivity contribution is 0.0916. The third-order valence-corrected chi connectivity index (χ3v) is 3.55. The van der Waals surface area contributed by atoms with Crippen LogP contribution in [0.3, 0.4) is 0 Å². The zero-order chi connectivity index (χ0) is 17.0. The molecular formula is C16H17ClFN3O2. The molecule has 1 aromatic heterocycles. The number of pyridine rings is 1. The van der Waals surface area contributed by atoms with E-state index < -0.39 is 11.9 Å². The van der Waals surface area contributed by atoms with E-state index in [2.05, 4.69) is 10.3 Å². The summed E-state index contributed by atoms with van der Waals surface area (Å²) in [5.74, 6) is -0.455. The Labute approximate surface area is 138 Å². The summed E-state index contributed by atoms with van der Waals surface area (Å²) in [4.78, 5) is 18.1. The van der Waals surface area contributed by atoms with Gasteiger partial charge in [0.15, 0.2) is 0 Å². The van der Waals surface area contributed by atoms with Gasteiger partial charge in [0.25, 0.3) is 5.91 Å². The van der Waals surface area contributed by atoms with Crippen LogP contribution >= 0.6 is 11.6 Å². The molecule has 2 N–H and O–H groups in total. The number of hydrogen-bond acceptors (Lipinski definition) is 4. The number of nitrogens with zero attached hydrogens (tertiary/aromatic N) is 2. The number of carbonyl (C=O) groups excluding carboxylic acids is 1. The minimum absolute atomic E-state index is 0.0176. The summed E-state index contributed by atoms with van der Waals surface area (Å²) in [5.41, 5.74) is 0.734. The van der Waals surface area contributed by atoms with Crippen LogP contribution in [0, 0.1) is 5.82 Å². The smallest absolute Gasteiger partial charge is 0.255 e. The number of amides is 1. The maximum atomic E-state index is 13.4. The average molecular weight is 338 g/mol. The van der Waals surface area contributed by atoms with E-state index in [1.807, 2.05) is 0 Å². The van der Waals surface area contributed by atoms with Crippen molar-refractivity contribution in [3.05, 3.63) is 58.5 Å². The monoisotopic (exact) mass is 337 g/mol. The molecule has 0 aliphatic carbocycles. The zero-order valence-corrected chi connectivity index (χ0v) is 13.5. The summed E-state index contributed by atoms with van der Waals surface area (Å²) in [6, 6.07) is 7.33. The van der Waals surface area contributed by atoms with Crippen LogP contribution < -0.4 is 10.2 Å². The average Bonchev–Trinajstić information content (AvgIpc) is 2.54. The number of anilines is 1. The van der Waals surface area contributed by atoms with Crippen LogP contribution in [0.2, 0.25) is 5.02 Å². The molecule has 23 heavy (non-hydrogen) atoms. The highest BCUT2D eigenvalue weighted by atomic mass is 35.5. The molecule has 1 aromatic carbocycles. The zero-order valence-electron chi connectivity index (χ0n) is 12.8. The molecule has 7 heteroatoms. The van der Waals surface area contributed by atoms with E-state index >= 15 is 0 Å². The summed E-state index contributed by atoms with van der Waals surface area (Å²) >= 11 is 5.60. The fourth-order valence-electron chi connectivity index (χ4n) is 2.05. The van der Waals surface area contributed by atoms with E-state index in [0.29, 0.717) is 16.9 Å². The fourth-order valence-corrected chi connectivity index (χ4v) is 2.17. The molecule has 122 valence electrons. The second-order valence-corrected chi connectivity index (χ2v) is 5.58. The highest BCUT2D eigenvalue weighted by Crippen LogP contribution is 2.20. The molecule has 2 aromatic rings. The first-order valence-electron chi connectivity index (χ1n) is 6.93. The van der Waals surface area contributed by atoms with Gasteiger partial charge in [-0.1, -0.05) is 17.7 Å². The molecule has 5 nitrogen and oxygen atoms in total. The van der Waals surface area contributed by atoms with Gasteiger partial charge in [0.05, 0.1) is 16.7 Å². The maximum Gasteiger partial charge on any atom is 0.255 e. The van der Waals surface area contributed by atoms with Gasteiger partial charge in [-0.25, -0.2) is 9.37 Å². The van der Waals surface area contributed by atoms with Crippen molar-refractivity contribution in [1.29, 1.82) is 0 Å². The van der Waals surface area contributed by atoms with Crippen molar-refractivity contribution in [1.82, 2.24) is 10.3 Å². The Morgan fingerprint density at radius 2 is 2.17 bits per heavy atom. The van der Waals surface area contributed by atoms with Gasteiger partial charge < -0.3 is 15.3 Å². The molecule has 1 amide bonds. The lowest BCUT2D eigenvalue weighted by Gasteiger charge is -2.17. The van der Waals surface area contributed by atoms with Gasteiger partial charge in [0.1, 0.15) is 11.6 Å². The molecule has 0 saturated carbocycles. The van der Waals surface area contributed by atoms with Crippen molar-refractivity contribution >= 4 is 23.3 Å². The number of aromatic nitrogens is 1. The molecule has 1 atom stereocenters. The lowest BCUT2D eigenvalue weighted by atomic mass is 10.1. The number of aliphatic hydroxyl groups is 1. The Morgan fingerprint density at radius 1 is 1.43 bits per heavy atom. The fraction of sp³-hybridized carbons (Fsp3) is 0.250. The van der Waals surface area contributed by atoms with Gasteiger partial charge in [0.2, 0.25) is 0 Å². The first-order chi connectivity index (χ1) is 10.9. The second kappa shape index (κ2) is 7.39. The SMILES string of the molecule is CN(C)c1ncccc1C(=O)NCC(O)c1ccc(Cl)c(F)c1. The Balaban J connectivity index is 2.05. The molecule has 0 radical (unpaired) electrons. The van der Waals surface area contributed by atoms with E-state index in [4.69, 9.17) is 11.6 Å². The number of aliphatic hydroxyl groups excluding tert-OH is 1. The van der Waals surface area contributed by atoms with E-state index in [-0.39, 0.29) is 17.5 Å². The van der Waals surface area contributed by atoms with E-state index in [9.17, 15) is 14.3 Å². The Bertz CT molecular complexity index is 709. The summed E-state index contributed by atoms with van der Waals surface area (Å²) in [6.07, 6.45) is 0.558. The van der Waals surface area contributed by atoms with Crippen LogP contribution in [0.5, 0.6) is 0 Å². The van der Waals surface area contributed by atoms with Crippen LogP contribution in [-0.4, -0.2) is 36.6 Å². The molecule has 0 fully saturated rings. The van der Waals surface area contributed by atoms with E-state index in [1.165, 1.54) is 12.1 Å². The number of hydrogen-bond donors (Lipinski definition) is 2. The maximum absolute atomic E-state index is 13.4. The molecular weight excluding hydrogens is 321 g/mol. The number of halogens is 2. The van der Waals surface area contributed by atoms with Crippen LogP contribution in [-0.2, 0) is 0 Å². The van der Waals surface area contributed by atoms with Gasteiger partial charge in [-0.15, -0.1) is 0 Å². The number of rotatable bonds is 5. The molecule has 0 saturated heterocycles. The molecule has 2 rings (SSSR count). The minimum Gasteiger partial charge on any atom is -0.387 e. The highest BCUT2D eigenvalue weighted by Gasteiger charge is 2.16. The Morgan fingerprint density at radius 3 is 2.83 bits per heavy atom. The summed E-state index contributed by atoms with van der Waals surface area (Å²) < 4.78 is 13.4. The van der Waals surface area contributed by atoms with E-state index in [1.54, 1.807) is 37.3 Å². The standard InChI is InChI=1S/C16H17ClFN3O2/c1-21(2)15-11(4-3-7-19-15)16(23)20-9-14(22)10-5-6-12(17)13(18)8-10/h3-8,14,22H,9H2,1-2H3,(H,20,23). The van der Waals surface area contributed by atoms with Crippen molar-refractivity contribution in [3.8, 4) is 0 Å². The van der Waals surface area contributed by atoms with Crippen LogP contribution in [0.4, 0.5) is 10.2 Å². The minimum atomic E-state index is -1.04. The molecule has 1 heterocycles. The summed E-state index contributed by atoms with van der Waals surface area (Å²) in [5, 5.41) is 12.7. The normalized spacial score (nSPS) is 11.9. The first-order valence-corrected chi connectivity index (χ1v) is 7.31. The number of carbonyl (C=O) groups is 1. The lowest BCUT2D eigenvalue weighted by Crippen LogP contribution is -2.30. The van der Waals surface area contributed by atoms with Gasteiger partial charge >= 0.3 is 0 Å². The Kier molecular flexibility index (Phi) is 5.52. The van der Waals surface area contributed by atoms with Crippen LogP contribution in [0.15, 0.2) is 36.5 Å². The highest BCUT2D eigenvalue weighted by molar-refractivity contribution is 6.30. The summed E-state index contributed by atoms with van der Waals surface area (Å²) in [6.45, 7) is -0.0539. The molecule has 0 aliphatic rings. The third kappa shape index (κ3) is 4.18.